The van der Waals surface area contributed by atoms with Crippen molar-refractivity contribution in [3.8, 4) is 0 Å². The quantitative estimate of drug-likeness (QED) is 0.712. The van der Waals surface area contributed by atoms with Crippen molar-refractivity contribution in [3.63, 3.8) is 0 Å². The first kappa shape index (κ1) is 21.0. The van der Waals surface area contributed by atoms with Crippen molar-refractivity contribution < 1.29 is 27.9 Å². The molecule has 0 saturated carbocycles. The van der Waals surface area contributed by atoms with Gasteiger partial charge in [-0.15, -0.1) is 0 Å². The van der Waals surface area contributed by atoms with Crippen LogP contribution in [0, 0.1) is 17.6 Å². The van der Waals surface area contributed by atoms with Crippen LogP contribution in [0.5, 0.6) is 0 Å². The molecule has 2 rings (SSSR count). The van der Waals surface area contributed by atoms with E-state index in [0.29, 0.717) is 5.69 Å². The van der Waals surface area contributed by atoms with E-state index in [-0.39, 0.29) is 11.5 Å². The van der Waals surface area contributed by atoms with Crippen LogP contribution >= 0.6 is 0 Å². The summed E-state index contributed by atoms with van der Waals surface area (Å²) in [5, 5.41) is 4.87. The van der Waals surface area contributed by atoms with Gasteiger partial charge in [-0.05, 0) is 42.3 Å². The number of nitrogens with one attached hydrogen (secondary N) is 2. The molecule has 28 heavy (non-hydrogen) atoms. The third-order valence-electron chi connectivity index (χ3n) is 3.80. The van der Waals surface area contributed by atoms with E-state index < -0.39 is 42.1 Å². The van der Waals surface area contributed by atoms with Crippen molar-refractivity contribution >= 4 is 23.5 Å². The molecule has 0 saturated heterocycles. The first-order chi connectivity index (χ1) is 13.3. The minimum Gasteiger partial charge on any atom is -0.454 e. The molecule has 2 N–H and O–H groups in total. The molecule has 2 aromatic carbocycles. The van der Waals surface area contributed by atoms with Gasteiger partial charge in [0.05, 0.1) is 5.56 Å². The van der Waals surface area contributed by atoms with E-state index in [2.05, 4.69) is 10.6 Å². The van der Waals surface area contributed by atoms with Crippen LogP contribution in [0.2, 0.25) is 0 Å². The second-order valence-corrected chi connectivity index (χ2v) is 6.34. The molecule has 0 aliphatic heterocycles. The zero-order chi connectivity index (χ0) is 20.7. The Morgan fingerprint density at radius 3 is 2.25 bits per heavy atom. The van der Waals surface area contributed by atoms with Gasteiger partial charge in [0.1, 0.15) is 17.7 Å². The van der Waals surface area contributed by atoms with Crippen LogP contribution in [-0.4, -0.2) is 30.4 Å². The molecule has 2 aromatic rings. The van der Waals surface area contributed by atoms with Gasteiger partial charge < -0.3 is 15.4 Å². The summed E-state index contributed by atoms with van der Waals surface area (Å²) < 4.78 is 31.5. The Labute approximate surface area is 160 Å². The SMILES string of the molecule is CC(C)[C@H](NC(=O)c1ccccc1F)C(=O)OCC(=O)Nc1ccc(F)cc1. The van der Waals surface area contributed by atoms with Crippen LogP contribution in [0.15, 0.2) is 48.5 Å². The van der Waals surface area contributed by atoms with Crippen molar-refractivity contribution in [3.05, 3.63) is 65.7 Å². The number of ether oxygens (including phenoxy) is 1. The molecule has 0 aromatic heterocycles. The number of hydrogen-bond acceptors (Lipinski definition) is 4. The monoisotopic (exact) mass is 390 g/mol. The average Bonchev–Trinajstić information content (AvgIpc) is 2.66. The lowest BCUT2D eigenvalue weighted by atomic mass is 10.0. The number of carbonyl (C=O) groups excluding carboxylic acids is 3. The fourth-order valence-electron chi connectivity index (χ4n) is 2.32. The third-order valence-corrected chi connectivity index (χ3v) is 3.80. The topological polar surface area (TPSA) is 84.5 Å². The zero-order valence-corrected chi connectivity index (χ0v) is 15.4. The molecule has 6 nitrogen and oxygen atoms in total. The molecule has 148 valence electrons. The number of hydrogen-bond donors (Lipinski definition) is 2. The summed E-state index contributed by atoms with van der Waals surface area (Å²) in [6.45, 7) is 2.76. The predicted molar refractivity (Wildman–Crippen MR) is 98.5 cm³/mol. The molecular formula is C20H20F2N2O4. The minimum absolute atomic E-state index is 0.199. The van der Waals surface area contributed by atoms with E-state index in [9.17, 15) is 23.2 Å². The lowest BCUT2D eigenvalue weighted by Crippen LogP contribution is -2.46. The number of anilines is 1. The van der Waals surface area contributed by atoms with Crippen LogP contribution in [0.3, 0.4) is 0 Å². The molecule has 0 aliphatic rings. The standard InChI is InChI=1S/C20H20F2N2O4/c1-12(2)18(24-19(26)15-5-3-4-6-16(15)22)20(27)28-11-17(25)23-14-9-7-13(21)8-10-14/h3-10,12,18H,11H2,1-2H3,(H,23,25)(H,24,26)/t18-/m0/s1. The molecule has 0 bridgehead atoms. The Hall–Kier alpha value is -3.29. The fraction of sp³-hybridized carbons (Fsp3) is 0.250. The van der Waals surface area contributed by atoms with E-state index in [1.165, 1.54) is 42.5 Å². The normalized spacial score (nSPS) is 11.6. The summed E-state index contributed by atoms with van der Waals surface area (Å²) >= 11 is 0. The van der Waals surface area contributed by atoms with Crippen LogP contribution in [-0.2, 0) is 14.3 Å². The van der Waals surface area contributed by atoms with Crippen LogP contribution in [0.4, 0.5) is 14.5 Å². The highest BCUT2D eigenvalue weighted by atomic mass is 19.1. The second kappa shape index (κ2) is 9.59. The Morgan fingerprint density at radius 1 is 1.00 bits per heavy atom. The van der Waals surface area contributed by atoms with Crippen LogP contribution < -0.4 is 10.6 Å². The molecule has 1 atom stereocenters. The molecule has 0 spiro atoms. The average molecular weight is 390 g/mol. The molecule has 0 heterocycles. The van der Waals surface area contributed by atoms with Crippen LogP contribution in [0.1, 0.15) is 24.2 Å². The van der Waals surface area contributed by atoms with E-state index in [1.807, 2.05) is 0 Å². The maximum absolute atomic E-state index is 13.7. The Balaban J connectivity index is 1.93. The molecule has 0 aliphatic carbocycles. The number of esters is 1. The van der Waals surface area contributed by atoms with Gasteiger partial charge in [-0.1, -0.05) is 26.0 Å². The lowest BCUT2D eigenvalue weighted by Gasteiger charge is -2.21. The van der Waals surface area contributed by atoms with Crippen molar-refractivity contribution in [2.24, 2.45) is 5.92 Å². The van der Waals surface area contributed by atoms with E-state index in [4.69, 9.17) is 4.74 Å². The highest BCUT2D eigenvalue weighted by Gasteiger charge is 2.27. The maximum Gasteiger partial charge on any atom is 0.329 e. The Bertz CT molecular complexity index is 854. The molecular weight excluding hydrogens is 370 g/mol. The van der Waals surface area contributed by atoms with Crippen molar-refractivity contribution in [1.82, 2.24) is 5.32 Å². The zero-order valence-electron chi connectivity index (χ0n) is 15.4. The van der Waals surface area contributed by atoms with Gasteiger partial charge in [-0.25, -0.2) is 13.6 Å². The van der Waals surface area contributed by atoms with Gasteiger partial charge in [0, 0.05) is 5.69 Å². The number of halogens is 2. The van der Waals surface area contributed by atoms with Crippen molar-refractivity contribution in [1.29, 1.82) is 0 Å². The summed E-state index contributed by atoms with van der Waals surface area (Å²) in [6, 6.07) is 9.39. The van der Waals surface area contributed by atoms with Crippen molar-refractivity contribution in [2.45, 2.75) is 19.9 Å². The smallest absolute Gasteiger partial charge is 0.329 e. The van der Waals surface area contributed by atoms with E-state index in [1.54, 1.807) is 13.8 Å². The summed E-state index contributed by atoms with van der Waals surface area (Å²) in [4.78, 5) is 36.4. The number of benzene rings is 2. The highest BCUT2D eigenvalue weighted by molar-refractivity contribution is 5.97. The number of carbonyl (C=O) groups is 3. The third kappa shape index (κ3) is 5.87. The summed E-state index contributed by atoms with van der Waals surface area (Å²) in [6.07, 6.45) is 0. The van der Waals surface area contributed by atoms with Crippen molar-refractivity contribution in [2.75, 3.05) is 11.9 Å². The summed E-state index contributed by atoms with van der Waals surface area (Å²) in [5.74, 6) is -3.73. The largest absolute Gasteiger partial charge is 0.454 e. The van der Waals surface area contributed by atoms with Gasteiger partial charge in [0.25, 0.3) is 11.8 Å². The molecule has 0 unspecified atom stereocenters. The molecule has 2 amide bonds. The first-order valence-electron chi connectivity index (χ1n) is 8.55. The maximum atomic E-state index is 13.7. The van der Waals surface area contributed by atoms with Gasteiger partial charge in [-0.3, -0.25) is 9.59 Å². The van der Waals surface area contributed by atoms with Gasteiger partial charge in [-0.2, -0.15) is 0 Å². The Morgan fingerprint density at radius 2 is 1.64 bits per heavy atom. The summed E-state index contributed by atoms with van der Waals surface area (Å²) in [5.41, 5.74) is 0.144. The molecule has 0 fully saturated rings. The van der Waals surface area contributed by atoms with Crippen LogP contribution in [0.25, 0.3) is 0 Å². The fourth-order valence-corrected chi connectivity index (χ4v) is 2.32. The molecule has 8 heteroatoms. The highest BCUT2D eigenvalue weighted by Crippen LogP contribution is 2.11. The predicted octanol–water partition coefficient (Wildman–Crippen LogP) is 2.90. The Kier molecular flexibility index (Phi) is 7.20. The number of amides is 2. The summed E-state index contributed by atoms with van der Waals surface area (Å²) in [7, 11) is 0. The second-order valence-electron chi connectivity index (χ2n) is 6.34. The van der Waals surface area contributed by atoms with Gasteiger partial charge >= 0.3 is 5.97 Å². The molecule has 0 radical (unpaired) electrons. The minimum atomic E-state index is -1.06. The lowest BCUT2D eigenvalue weighted by molar-refractivity contribution is -0.150. The van der Waals surface area contributed by atoms with E-state index >= 15 is 0 Å². The van der Waals surface area contributed by atoms with Gasteiger partial charge in [0.15, 0.2) is 6.61 Å². The first-order valence-corrected chi connectivity index (χ1v) is 8.55. The number of rotatable bonds is 7. The van der Waals surface area contributed by atoms with Gasteiger partial charge in [0.2, 0.25) is 0 Å². The van der Waals surface area contributed by atoms with E-state index in [0.717, 1.165) is 6.07 Å².